The van der Waals surface area contributed by atoms with Crippen molar-refractivity contribution in [3.8, 4) is 0 Å². The number of nitrogens with zero attached hydrogens (tertiary/aromatic N) is 1. The maximum atomic E-state index is 11.6. The standard InChI is InChI=1S/C12H14N2O3/c1-3-14-7-10(15)13-11-8(12(16)17-2)5-4-6-9(11)14/h4-6H,3,7H2,1-2H3,(H,13,15). The topological polar surface area (TPSA) is 58.6 Å². The van der Waals surface area contributed by atoms with Gasteiger partial charge in [-0.2, -0.15) is 0 Å². The van der Waals surface area contributed by atoms with E-state index in [1.165, 1.54) is 7.11 Å². The molecule has 5 heteroatoms. The molecule has 5 nitrogen and oxygen atoms in total. The van der Waals surface area contributed by atoms with Gasteiger partial charge in [0, 0.05) is 6.54 Å². The molecule has 90 valence electrons. The van der Waals surface area contributed by atoms with Gasteiger partial charge >= 0.3 is 5.97 Å². The summed E-state index contributed by atoms with van der Waals surface area (Å²) < 4.78 is 4.70. The molecule has 0 atom stereocenters. The van der Waals surface area contributed by atoms with Crippen molar-refractivity contribution in [1.82, 2.24) is 0 Å². The first kappa shape index (κ1) is 11.4. The van der Waals surface area contributed by atoms with Crippen LogP contribution in [0.2, 0.25) is 0 Å². The van der Waals surface area contributed by atoms with Crippen LogP contribution in [-0.4, -0.2) is 32.1 Å². The van der Waals surface area contributed by atoms with Crippen LogP contribution in [0.25, 0.3) is 0 Å². The van der Waals surface area contributed by atoms with Crippen LogP contribution in [0.1, 0.15) is 17.3 Å². The van der Waals surface area contributed by atoms with Crippen molar-refractivity contribution in [1.29, 1.82) is 0 Å². The number of benzene rings is 1. The second-order valence-corrected chi connectivity index (χ2v) is 3.75. The average molecular weight is 234 g/mol. The second kappa shape index (κ2) is 4.45. The molecule has 0 saturated heterocycles. The largest absolute Gasteiger partial charge is 0.465 e. The molecular formula is C12H14N2O3. The molecule has 0 aliphatic carbocycles. The van der Waals surface area contributed by atoms with E-state index in [4.69, 9.17) is 4.74 Å². The highest BCUT2D eigenvalue weighted by atomic mass is 16.5. The molecule has 1 aliphatic rings. The monoisotopic (exact) mass is 234 g/mol. The third kappa shape index (κ3) is 1.95. The summed E-state index contributed by atoms with van der Waals surface area (Å²) in [5, 5.41) is 2.73. The number of methoxy groups -OCH3 is 1. The zero-order valence-electron chi connectivity index (χ0n) is 9.82. The van der Waals surface area contributed by atoms with Crippen molar-refractivity contribution in [2.45, 2.75) is 6.92 Å². The zero-order valence-corrected chi connectivity index (χ0v) is 9.82. The van der Waals surface area contributed by atoms with E-state index in [0.717, 1.165) is 5.69 Å². The maximum Gasteiger partial charge on any atom is 0.340 e. The fraction of sp³-hybridized carbons (Fsp3) is 0.333. The van der Waals surface area contributed by atoms with Gasteiger partial charge in [-0.25, -0.2) is 4.79 Å². The summed E-state index contributed by atoms with van der Waals surface area (Å²) in [6.07, 6.45) is 0. The highest BCUT2D eigenvalue weighted by molar-refractivity contribution is 6.08. The number of hydrogen-bond acceptors (Lipinski definition) is 4. The molecule has 0 bridgehead atoms. The van der Waals surface area contributed by atoms with E-state index in [0.29, 0.717) is 24.3 Å². The molecule has 1 aromatic carbocycles. The molecule has 0 spiro atoms. The van der Waals surface area contributed by atoms with E-state index in [1.807, 2.05) is 17.9 Å². The Balaban J connectivity index is 2.52. The quantitative estimate of drug-likeness (QED) is 0.782. The van der Waals surface area contributed by atoms with E-state index >= 15 is 0 Å². The fourth-order valence-corrected chi connectivity index (χ4v) is 1.93. The smallest absolute Gasteiger partial charge is 0.340 e. The zero-order chi connectivity index (χ0) is 12.4. The SMILES string of the molecule is CCN1CC(=O)Nc2c(C(=O)OC)cccc21. The highest BCUT2D eigenvalue weighted by Crippen LogP contribution is 2.32. The Morgan fingerprint density at radius 1 is 1.53 bits per heavy atom. The Morgan fingerprint density at radius 2 is 2.29 bits per heavy atom. The molecule has 0 saturated carbocycles. The number of fused-ring (bicyclic) bond motifs is 1. The number of likely N-dealkylation sites (N-methyl/N-ethyl adjacent to an activating group) is 1. The number of para-hydroxylation sites is 1. The molecule has 1 aromatic rings. The predicted molar refractivity (Wildman–Crippen MR) is 64.3 cm³/mol. The van der Waals surface area contributed by atoms with Gasteiger partial charge in [0.25, 0.3) is 0 Å². The van der Waals surface area contributed by atoms with Crippen molar-refractivity contribution in [2.24, 2.45) is 0 Å². The number of anilines is 2. The number of esters is 1. The molecule has 1 N–H and O–H groups in total. The number of amides is 1. The van der Waals surface area contributed by atoms with Gasteiger partial charge in [-0.15, -0.1) is 0 Å². The molecule has 0 radical (unpaired) electrons. The Morgan fingerprint density at radius 3 is 2.94 bits per heavy atom. The van der Waals surface area contributed by atoms with Gasteiger partial charge in [-0.1, -0.05) is 6.07 Å². The van der Waals surface area contributed by atoms with Crippen LogP contribution in [0.15, 0.2) is 18.2 Å². The number of nitrogens with one attached hydrogen (secondary N) is 1. The van der Waals surface area contributed by atoms with Crippen LogP contribution in [0, 0.1) is 0 Å². The number of rotatable bonds is 2. The van der Waals surface area contributed by atoms with Crippen LogP contribution < -0.4 is 10.2 Å². The van der Waals surface area contributed by atoms with Gasteiger partial charge in [-0.05, 0) is 19.1 Å². The molecule has 1 heterocycles. The molecule has 17 heavy (non-hydrogen) atoms. The van der Waals surface area contributed by atoms with Crippen molar-refractivity contribution >= 4 is 23.3 Å². The summed E-state index contributed by atoms with van der Waals surface area (Å²) in [5.74, 6) is -0.559. The summed E-state index contributed by atoms with van der Waals surface area (Å²) in [6, 6.07) is 5.31. The van der Waals surface area contributed by atoms with Crippen LogP contribution in [0.3, 0.4) is 0 Å². The van der Waals surface area contributed by atoms with Gasteiger partial charge in [0.05, 0.1) is 30.6 Å². The molecule has 1 aliphatic heterocycles. The van der Waals surface area contributed by atoms with E-state index in [2.05, 4.69) is 5.32 Å². The second-order valence-electron chi connectivity index (χ2n) is 3.75. The summed E-state index contributed by atoms with van der Waals surface area (Å²) in [4.78, 5) is 25.1. The first-order chi connectivity index (χ1) is 8.17. The van der Waals surface area contributed by atoms with Crippen LogP contribution >= 0.6 is 0 Å². The highest BCUT2D eigenvalue weighted by Gasteiger charge is 2.25. The van der Waals surface area contributed by atoms with Gasteiger partial charge in [-0.3, -0.25) is 4.79 Å². The molecule has 1 amide bonds. The third-order valence-corrected chi connectivity index (χ3v) is 2.77. The van der Waals surface area contributed by atoms with Crippen molar-refractivity contribution in [2.75, 3.05) is 30.4 Å². The Bertz CT molecular complexity index is 471. The lowest BCUT2D eigenvalue weighted by molar-refractivity contribution is -0.115. The fourth-order valence-electron chi connectivity index (χ4n) is 1.93. The summed E-state index contributed by atoms with van der Waals surface area (Å²) in [7, 11) is 1.32. The van der Waals surface area contributed by atoms with Crippen molar-refractivity contribution < 1.29 is 14.3 Å². The molecule has 0 aromatic heterocycles. The Kier molecular flexibility index (Phi) is 2.99. The van der Waals surface area contributed by atoms with E-state index in [-0.39, 0.29) is 5.91 Å². The minimum atomic E-state index is -0.444. The van der Waals surface area contributed by atoms with Gasteiger partial charge in [0.2, 0.25) is 5.91 Å². The first-order valence-electron chi connectivity index (χ1n) is 5.43. The van der Waals surface area contributed by atoms with Crippen LogP contribution in [-0.2, 0) is 9.53 Å². The number of ether oxygens (including phenoxy) is 1. The molecular weight excluding hydrogens is 220 g/mol. The lowest BCUT2D eigenvalue weighted by Gasteiger charge is -2.30. The van der Waals surface area contributed by atoms with Crippen molar-refractivity contribution in [3.05, 3.63) is 23.8 Å². The van der Waals surface area contributed by atoms with E-state index in [1.54, 1.807) is 12.1 Å². The molecule has 0 unspecified atom stereocenters. The normalized spacial score (nSPS) is 14.0. The van der Waals surface area contributed by atoms with Crippen LogP contribution in [0.5, 0.6) is 0 Å². The van der Waals surface area contributed by atoms with E-state index < -0.39 is 5.97 Å². The Labute approximate surface area is 99.4 Å². The van der Waals surface area contributed by atoms with Gasteiger partial charge < -0.3 is 15.0 Å². The number of carbonyl (C=O) groups is 2. The molecule has 0 fully saturated rings. The van der Waals surface area contributed by atoms with E-state index in [9.17, 15) is 9.59 Å². The summed E-state index contributed by atoms with van der Waals surface area (Å²) in [5.41, 5.74) is 1.78. The maximum absolute atomic E-state index is 11.6. The third-order valence-electron chi connectivity index (χ3n) is 2.77. The Hall–Kier alpha value is -2.04. The average Bonchev–Trinajstić information content (AvgIpc) is 2.36. The predicted octanol–water partition coefficient (Wildman–Crippen LogP) is 1.25. The summed E-state index contributed by atoms with van der Waals surface area (Å²) in [6.45, 7) is 2.99. The lowest BCUT2D eigenvalue weighted by Crippen LogP contribution is -2.38. The van der Waals surface area contributed by atoms with Crippen molar-refractivity contribution in [3.63, 3.8) is 0 Å². The number of hydrogen-bond donors (Lipinski definition) is 1. The van der Waals surface area contributed by atoms with Crippen LogP contribution in [0.4, 0.5) is 11.4 Å². The summed E-state index contributed by atoms with van der Waals surface area (Å²) >= 11 is 0. The minimum Gasteiger partial charge on any atom is -0.465 e. The molecule has 2 rings (SSSR count). The minimum absolute atomic E-state index is 0.115. The lowest BCUT2D eigenvalue weighted by atomic mass is 10.1. The van der Waals surface area contributed by atoms with Gasteiger partial charge in [0.1, 0.15) is 0 Å². The number of carbonyl (C=O) groups excluding carboxylic acids is 2. The first-order valence-corrected chi connectivity index (χ1v) is 5.43. The van der Waals surface area contributed by atoms with Gasteiger partial charge in [0.15, 0.2) is 0 Å².